The lowest BCUT2D eigenvalue weighted by molar-refractivity contribution is -0.116. The molecule has 2 aromatic carbocycles. The maximum absolute atomic E-state index is 12.2. The highest BCUT2D eigenvalue weighted by Crippen LogP contribution is 2.21. The second kappa shape index (κ2) is 7.98. The Hall–Kier alpha value is -1.60. The molecule has 0 bridgehead atoms. The summed E-state index contributed by atoms with van der Waals surface area (Å²) in [6, 6.07) is 12.6. The van der Waals surface area contributed by atoms with E-state index < -0.39 is 16.1 Å². The third kappa shape index (κ3) is 6.13. The topological polar surface area (TPSA) is 75.3 Å². The van der Waals surface area contributed by atoms with Gasteiger partial charge < -0.3 is 5.32 Å². The van der Waals surface area contributed by atoms with Crippen molar-refractivity contribution in [3.63, 3.8) is 0 Å². The molecule has 0 aliphatic carbocycles. The number of anilines is 1. The van der Waals surface area contributed by atoms with Crippen LogP contribution in [-0.2, 0) is 14.8 Å². The van der Waals surface area contributed by atoms with Crippen molar-refractivity contribution in [1.82, 2.24) is 4.72 Å². The first kappa shape index (κ1) is 18.7. The fourth-order valence-corrected chi connectivity index (χ4v) is 3.10. The van der Waals surface area contributed by atoms with Crippen LogP contribution < -0.4 is 10.0 Å². The quantitative estimate of drug-likeness (QED) is 0.795. The molecule has 2 rings (SSSR count). The smallest absolute Gasteiger partial charge is 0.226 e. The summed E-state index contributed by atoms with van der Waals surface area (Å²) in [4.78, 5) is 12.2. The highest BCUT2D eigenvalue weighted by atomic mass is 35.5. The fourth-order valence-electron chi connectivity index (χ4n) is 2.11. The maximum Gasteiger partial charge on any atom is 0.226 e. The van der Waals surface area contributed by atoms with Gasteiger partial charge in [0.2, 0.25) is 15.9 Å². The summed E-state index contributed by atoms with van der Waals surface area (Å²) in [6.45, 7) is 0. The minimum Gasteiger partial charge on any atom is -0.326 e. The summed E-state index contributed by atoms with van der Waals surface area (Å²) < 4.78 is 25.6. The van der Waals surface area contributed by atoms with Gasteiger partial charge in [0.15, 0.2) is 0 Å². The Bertz CT molecular complexity index is 806. The zero-order chi connectivity index (χ0) is 17.7. The first-order chi connectivity index (χ1) is 11.2. The highest BCUT2D eigenvalue weighted by Gasteiger charge is 2.20. The maximum atomic E-state index is 12.2. The Labute approximate surface area is 151 Å². The molecule has 0 aliphatic rings. The van der Waals surface area contributed by atoms with Gasteiger partial charge in [-0.3, -0.25) is 4.79 Å². The predicted molar refractivity (Wildman–Crippen MR) is 96.9 cm³/mol. The van der Waals surface area contributed by atoms with Gasteiger partial charge in [-0.1, -0.05) is 35.3 Å². The number of carbonyl (C=O) groups is 1. The van der Waals surface area contributed by atoms with Gasteiger partial charge in [-0.25, -0.2) is 13.1 Å². The molecule has 0 radical (unpaired) electrons. The molecular weight excluding hydrogens is 371 g/mol. The molecule has 0 spiro atoms. The summed E-state index contributed by atoms with van der Waals surface area (Å²) >= 11 is 11.6. The van der Waals surface area contributed by atoms with Gasteiger partial charge in [0.25, 0.3) is 0 Å². The largest absolute Gasteiger partial charge is 0.326 e. The van der Waals surface area contributed by atoms with E-state index in [-0.39, 0.29) is 12.3 Å². The molecule has 1 atom stereocenters. The van der Waals surface area contributed by atoms with Crippen molar-refractivity contribution < 1.29 is 13.2 Å². The Kier molecular flexibility index (Phi) is 6.23. The first-order valence-corrected chi connectivity index (χ1v) is 9.66. The number of halogens is 2. The molecule has 0 heterocycles. The van der Waals surface area contributed by atoms with Crippen LogP contribution in [0.4, 0.5) is 5.69 Å². The molecule has 2 N–H and O–H groups in total. The number of hydrogen-bond acceptors (Lipinski definition) is 3. The number of nitrogens with one attached hydrogen (secondary N) is 2. The van der Waals surface area contributed by atoms with E-state index in [1.807, 2.05) is 0 Å². The van der Waals surface area contributed by atoms with Crippen LogP contribution in [0.3, 0.4) is 0 Å². The number of rotatable bonds is 6. The monoisotopic (exact) mass is 386 g/mol. The van der Waals surface area contributed by atoms with E-state index in [9.17, 15) is 13.2 Å². The van der Waals surface area contributed by atoms with Gasteiger partial charge in [-0.05, 0) is 42.0 Å². The minimum absolute atomic E-state index is 0.0582. The van der Waals surface area contributed by atoms with E-state index in [1.54, 1.807) is 48.5 Å². The molecule has 8 heteroatoms. The fraction of sp³-hybridized carbons (Fsp3) is 0.188. The summed E-state index contributed by atoms with van der Waals surface area (Å²) in [7, 11) is -3.49. The predicted octanol–water partition coefficient (Wildman–Crippen LogP) is 3.61. The van der Waals surface area contributed by atoms with E-state index in [0.29, 0.717) is 21.3 Å². The molecule has 5 nitrogen and oxygen atoms in total. The summed E-state index contributed by atoms with van der Waals surface area (Å²) in [5.74, 6) is -0.326. The molecular formula is C16H16Cl2N2O3S. The molecule has 0 aromatic heterocycles. The lowest BCUT2D eigenvalue weighted by Crippen LogP contribution is -2.30. The van der Waals surface area contributed by atoms with Crippen molar-refractivity contribution in [1.29, 1.82) is 0 Å². The summed E-state index contributed by atoms with van der Waals surface area (Å²) in [5.41, 5.74) is 1.23. The van der Waals surface area contributed by atoms with Crippen LogP contribution in [0.1, 0.15) is 18.0 Å². The SMILES string of the molecule is CS(=O)(=O)N[C@@H](CC(=O)Nc1ccc(Cl)cc1)c1ccc(Cl)cc1. The third-order valence-electron chi connectivity index (χ3n) is 3.15. The van der Waals surface area contributed by atoms with Crippen LogP contribution in [0.25, 0.3) is 0 Å². The standard InChI is InChI=1S/C16H16Cl2N2O3S/c1-24(22,23)20-15(11-2-4-12(17)5-3-11)10-16(21)19-14-8-6-13(18)7-9-14/h2-9,15,20H,10H2,1H3,(H,19,21)/t15-/m0/s1. The van der Waals surface area contributed by atoms with E-state index in [0.717, 1.165) is 6.26 Å². The van der Waals surface area contributed by atoms with Crippen LogP contribution in [0, 0.1) is 0 Å². The zero-order valence-electron chi connectivity index (χ0n) is 12.8. The van der Waals surface area contributed by atoms with E-state index in [4.69, 9.17) is 23.2 Å². The Morgan fingerprint density at radius 3 is 2.00 bits per heavy atom. The molecule has 128 valence electrons. The highest BCUT2D eigenvalue weighted by molar-refractivity contribution is 7.88. The van der Waals surface area contributed by atoms with Crippen LogP contribution >= 0.6 is 23.2 Å². The van der Waals surface area contributed by atoms with Gasteiger partial charge in [0, 0.05) is 22.2 Å². The Morgan fingerprint density at radius 1 is 1.00 bits per heavy atom. The molecule has 0 fully saturated rings. The lowest BCUT2D eigenvalue weighted by Gasteiger charge is -2.18. The van der Waals surface area contributed by atoms with Crippen molar-refractivity contribution in [2.24, 2.45) is 0 Å². The Balaban J connectivity index is 2.13. The van der Waals surface area contributed by atoms with Crippen LogP contribution in [-0.4, -0.2) is 20.6 Å². The van der Waals surface area contributed by atoms with Crippen molar-refractivity contribution in [2.45, 2.75) is 12.5 Å². The van der Waals surface area contributed by atoms with Crippen molar-refractivity contribution in [2.75, 3.05) is 11.6 Å². The average molecular weight is 387 g/mol. The van der Waals surface area contributed by atoms with Gasteiger partial charge in [0.1, 0.15) is 0 Å². The lowest BCUT2D eigenvalue weighted by atomic mass is 10.0. The van der Waals surface area contributed by atoms with E-state index in [1.165, 1.54) is 0 Å². The van der Waals surface area contributed by atoms with Gasteiger partial charge in [-0.2, -0.15) is 0 Å². The van der Waals surface area contributed by atoms with Gasteiger partial charge >= 0.3 is 0 Å². The van der Waals surface area contributed by atoms with Crippen LogP contribution in [0.15, 0.2) is 48.5 Å². The second-order valence-corrected chi connectivity index (χ2v) is 7.91. The average Bonchev–Trinajstić information content (AvgIpc) is 2.48. The van der Waals surface area contributed by atoms with Crippen molar-refractivity contribution in [3.05, 3.63) is 64.1 Å². The van der Waals surface area contributed by atoms with Crippen molar-refractivity contribution >= 4 is 44.8 Å². The van der Waals surface area contributed by atoms with E-state index >= 15 is 0 Å². The number of amides is 1. The first-order valence-electron chi connectivity index (χ1n) is 7.01. The number of benzene rings is 2. The van der Waals surface area contributed by atoms with Gasteiger partial charge in [-0.15, -0.1) is 0 Å². The van der Waals surface area contributed by atoms with Crippen LogP contribution in [0.5, 0.6) is 0 Å². The molecule has 24 heavy (non-hydrogen) atoms. The normalized spacial score (nSPS) is 12.6. The second-order valence-electron chi connectivity index (χ2n) is 5.25. The van der Waals surface area contributed by atoms with Crippen LogP contribution in [0.2, 0.25) is 10.0 Å². The minimum atomic E-state index is -3.49. The summed E-state index contributed by atoms with van der Waals surface area (Å²) in [6.07, 6.45) is 0.990. The van der Waals surface area contributed by atoms with Crippen molar-refractivity contribution in [3.8, 4) is 0 Å². The molecule has 0 saturated heterocycles. The molecule has 2 aromatic rings. The Morgan fingerprint density at radius 2 is 1.50 bits per heavy atom. The summed E-state index contributed by atoms with van der Waals surface area (Å²) in [5, 5.41) is 3.80. The molecule has 0 unspecified atom stereocenters. The number of hydrogen-bond donors (Lipinski definition) is 2. The molecule has 0 saturated carbocycles. The molecule has 1 amide bonds. The number of sulfonamides is 1. The van der Waals surface area contributed by atoms with Gasteiger partial charge in [0.05, 0.1) is 12.3 Å². The third-order valence-corrected chi connectivity index (χ3v) is 4.36. The zero-order valence-corrected chi connectivity index (χ0v) is 15.1. The van der Waals surface area contributed by atoms with E-state index in [2.05, 4.69) is 10.0 Å². The number of carbonyl (C=O) groups excluding carboxylic acids is 1. The molecule has 0 aliphatic heterocycles.